The Morgan fingerprint density at radius 3 is 2.61 bits per heavy atom. The highest BCUT2D eigenvalue weighted by atomic mass is 19.4. The van der Waals surface area contributed by atoms with Gasteiger partial charge in [-0.1, -0.05) is 0 Å². The van der Waals surface area contributed by atoms with E-state index < -0.39 is 17.7 Å². The quantitative estimate of drug-likeness (QED) is 0.547. The summed E-state index contributed by atoms with van der Waals surface area (Å²) in [6, 6.07) is 3.71. The molecule has 3 aromatic heterocycles. The maximum atomic E-state index is 12.7. The predicted molar refractivity (Wildman–Crippen MR) is 101 cm³/mol. The van der Waals surface area contributed by atoms with Crippen LogP contribution in [0.1, 0.15) is 23.7 Å². The Hall–Kier alpha value is -3.57. The first-order valence-corrected chi connectivity index (χ1v) is 9.30. The standard InChI is InChI=1S/C19H20F3N5O4/c1-3-30-18-12(6-7-31-16-8-14(9-17(28)29)26(2)24-16)11-27(25-18)15-5-4-13(10-23-15)19(20,21)22/h4-5,8,10-11H,3,6-7,9H2,1-2H3,(H,28,29). The summed E-state index contributed by atoms with van der Waals surface area (Å²) in [6.07, 6.45) is -1.91. The van der Waals surface area contributed by atoms with E-state index in [1.807, 2.05) is 0 Å². The lowest BCUT2D eigenvalue weighted by molar-refractivity contribution is -0.138. The maximum Gasteiger partial charge on any atom is 0.417 e. The molecule has 0 atom stereocenters. The van der Waals surface area contributed by atoms with Gasteiger partial charge >= 0.3 is 12.1 Å². The van der Waals surface area contributed by atoms with Crippen LogP contribution < -0.4 is 9.47 Å². The van der Waals surface area contributed by atoms with Gasteiger partial charge in [-0.25, -0.2) is 9.67 Å². The van der Waals surface area contributed by atoms with E-state index in [1.54, 1.807) is 26.2 Å². The highest BCUT2D eigenvalue weighted by molar-refractivity contribution is 5.69. The molecule has 0 radical (unpaired) electrons. The number of carboxylic acid groups (broad SMARTS) is 1. The minimum Gasteiger partial charge on any atom is -0.481 e. The van der Waals surface area contributed by atoms with Crippen molar-refractivity contribution < 1.29 is 32.5 Å². The van der Waals surface area contributed by atoms with Crippen molar-refractivity contribution in [2.24, 2.45) is 7.05 Å². The molecular formula is C19H20F3N5O4. The molecule has 3 heterocycles. The normalized spacial score (nSPS) is 11.5. The molecule has 0 spiro atoms. The Morgan fingerprint density at radius 2 is 2.00 bits per heavy atom. The Labute approximate surface area is 175 Å². The highest BCUT2D eigenvalue weighted by Crippen LogP contribution is 2.29. The number of nitrogens with zero attached hydrogens (tertiary/aromatic N) is 5. The van der Waals surface area contributed by atoms with Crippen molar-refractivity contribution in [3.8, 4) is 17.6 Å². The summed E-state index contributed by atoms with van der Waals surface area (Å²) in [5.74, 6) is -0.154. The number of aromatic nitrogens is 5. The Balaban J connectivity index is 1.70. The van der Waals surface area contributed by atoms with Crippen molar-refractivity contribution in [3.05, 3.63) is 47.4 Å². The number of carboxylic acids is 1. The van der Waals surface area contributed by atoms with Crippen LogP contribution in [0.15, 0.2) is 30.6 Å². The third kappa shape index (κ3) is 5.53. The smallest absolute Gasteiger partial charge is 0.417 e. The van der Waals surface area contributed by atoms with E-state index in [9.17, 15) is 18.0 Å². The van der Waals surface area contributed by atoms with Crippen molar-refractivity contribution in [1.82, 2.24) is 24.5 Å². The van der Waals surface area contributed by atoms with Gasteiger partial charge in [0.25, 0.3) is 0 Å². The summed E-state index contributed by atoms with van der Waals surface area (Å²) < 4.78 is 52.1. The summed E-state index contributed by atoms with van der Waals surface area (Å²) in [5.41, 5.74) is 0.323. The fourth-order valence-corrected chi connectivity index (χ4v) is 2.76. The van der Waals surface area contributed by atoms with E-state index in [4.69, 9.17) is 14.6 Å². The van der Waals surface area contributed by atoms with Crippen LogP contribution in [0.3, 0.4) is 0 Å². The second-order valence-corrected chi connectivity index (χ2v) is 6.51. The molecule has 3 rings (SSSR count). The van der Waals surface area contributed by atoms with Gasteiger partial charge in [0.1, 0.15) is 0 Å². The van der Waals surface area contributed by atoms with Crippen LogP contribution in [0.5, 0.6) is 11.8 Å². The zero-order valence-electron chi connectivity index (χ0n) is 16.8. The molecule has 0 unspecified atom stereocenters. The van der Waals surface area contributed by atoms with E-state index in [0.29, 0.717) is 30.2 Å². The van der Waals surface area contributed by atoms with Gasteiger partial charge in [0.05, 0.1) is 30.9 Å². The van der Waals surface area contributed by atoms with E-state index in [1.165, 1.54) is 15.4 Å². The zero-order chi connectivity index (χ0) is 22.6. The average Bonchev–Trinajstić information content (AvgIpc) is 3.25. The molecule has 166 valence electrons. The minimum absolute atomic E-state index is 0.172. The number of ether oxygens (including phenoxy) is 2. The average molecular weight is 439 g/mol. The minimum atomic E-state index is -4.47. The molecule has 12 heteroatoms. The first kappa shape index (κ1) is 22.1. The van der Waals surface area contributed by atoms with Crippen LogP contribution in [0.25, 0.3) is 5.82 Å². The maximum absolute atomic E-state index is 12.7. The van der Waals surface area contributed by atoms with Crippen molar-refractivity contribution in [2.45, 2.75) is 25.9 Å². The third-order valence-electron chi connectivity index (χ3n) is 4.25. The molecule has 3 aromatic rings. The topological polar surface area (TPSA) is 104 Å². The van der Waals surface area contributed by atoms with Gasteiger partial charge in [-0.2, -0.15) is 13.2 Å². The fraction of sp³-hybridized carbons (Fsp3) is 0.368. The molecule has 31 heavy (non-hydrogen) atoms. The van der Waals surface area contributed by atoms with Gasteiger partial charge in [0.2, 0.25) is 11.8 Å². The van der Waals surface area contributed by atoms with Gasteiger partial charge in [-0.05, 0) is 19.1 Å². The number of carbonyl (C=O) groups is 1. The molecule has 0 aromatic carbocycles. The van der Waals surface area contributed by atoms with Crippen LogP contribution in [-0.4, -0.2) is 48.8 Å². The van der Waals surface area contributed by atoms with Crippen LogP contribution >= 0.6 is 0 Å². The number of alkyl halides is 3. The first-order chi connectivity index (χ1) is 14.7. The van der Waals surface area contributed by atoms with Crippen molar-refractivity contribution in [2.75, 3.05) is 13.2 Å². The molecule has 0 bridgehead atoms. The lowest BCUT2D eigenvalue weighted by Crippen LogP contribution is -2.07. The number of aliphatic carboxylic acids is 1. The Kier molecular flexibility index (Phi) is 6.47. The molecule has 1 N–H and O–H groups in total. The van der Waals surface area contributed by atoms with Crippen LogP contribution in [0.4, 0.5) is 13.2 Å². The predicted octanol–water partition coefficient (Wildman–Crippen LogP) is 2.67. The largest absolute Gasteiger partial charge is 0.481 e. The molecule has 0 saturated carbocycles. The Bertz CT molecular complexity index is 1040. The molecule has 0 amide bonds. The summed E-state index contributed by atoms with van der Waals surface area (Å²) >= 11 is 0. The monoisotopic (exact) mass is 439 g/mol. The molecular weight excluding hydrogens is 419 g/mol. The highest BCUT2D eigenvalue weighted by Gasteiger charge is 2.30. The second kappa shape index (κ2) is 9.06. The second-order valence-electron chi connectivity index (χ2n) is 6.51. The lowest BCUT2D eigenvalue weighted by Gasteiger charge is -2.06. The van der Waals surface area contributed by atoms with E-state index in [0.717, 1.165) is 12.3 Å². The SMILES string of the molecule is CCOc1nn(-c2ccc(C(F)(F)F)cn2)cc1CCOc1cc(CC(=O)O)n(C)n1. The first-order valence-electron chi connectivity index (χ1n) is 9.30. The van der Waals surface area contributed by atoms with Crippen LogP contribution in [0, 0.1) is 0 Å². The number of rotatable bonds is 9. The molecule has 0 aliphatic carbocycles. The number of hydrogen-bond donors (Lipinski definition) is 1. The van der Waals surface area contributed by atoms with E-state index >= 15 is 0 Å². The number of pyridine rings is 1. The van der Waals surface area contributed by atoms with Gasteiger partial charge in [-0.3, -0.25) is 9.48 Å². The molecule has 9 nitrogen and oxygen atoms in total. The van der Waals surface area contributed by atoms with E-state index in [-0.39, 0.29) is 24.7 Å². The van der Waals surface area contributed by atoms with Crippen molar-refractivity contribution in [3.63, 3.8) is 0 Å². The summed E-state index contributed by atoms with van der Waals surface area (Å²) in [7, 11) is 1.62. The molecule has 0 aliphatic heterocycles. The third-order valence-corrected chi connectivity index (χ3v) is 4.25. The Morgan fingerprint density at radius 1 is 1.23 bits per heavy atom. The van der Waals surface area contributed by atoms with E-state index in [2.05, 4.69) is 15.2 Å². The summed E-state index contributed by atoms with van der Waals surface area (Å²) in [4.78, 5) is 14.7. The van der Waals surface area contributed by atoms with Gasteiger partial charge in [-0.15, -0.1) is 10.2 Å². The number of aryl methyl sites for hydroxylation is 1. The van der Waals surface area contributed by atoms with Gasteiger partial charge in [0, 0.05) is 37.5 Å². The number of halogens is 3. The molecule has 0 aliphatic rings. The van der Waals surface area contributed by atoms with Crippen LogP contribution in [-0.2, 0) is 30.9 Å². The zero-order valence-corrected chi connectivity index (χ0v) is 16.8. The summed E-state index contributed by atoms with van der Waals surface area (Å²) in [6.45, 7) is 2.34. The lowest BCUT2D eigenvalue weighted by atomic mass is 10.2. The van der Waals surface area contributed by atoms with Crippen LogP contribution in [0.2, 0.25) is 0 Å². The van der Waals surface area contributed by atoms with Gasteiger partial charge < -0.3 is 14.6 Å². The number of hydrogen-bond acceptors (Lipinski definition) is 6. The van der Waals surface area contributed by atoms with Crippen molar-refractivity contribution in [1.29, 1.82) is 0 Å². The van der Waals surface area contributed by atoms with Crippen molar-refractivity contribution >= 4 is 5.97 Å². The van der Waals surface area contributed by atoms with Gasteiger partial charge in [0.15, 0.2) is 5.82 Å². The molecule has 0 saturated heterocycles. The summed E-state index contributed by atoms with van der Waals surface area (Å²) in [5, 5.41) is 17.3. The molecule has 0 fully saturated rings. The fourth-order valence-electron chi connectivity index (χ4n) is 2.76.